The molecule has 1 aromatic heterocycles. The van der Waals surface area contributed by atoms with Gasteiger partial charge in [0.05, 0.1) is 33.5 Å². The van der Waals surface area contributed by atoms with Gasteiger partial charge in [0.2, 0.25) is 0 Å². The quantitative estimate of drug-likeness (QED) is 0.900. The summed E-state index contributed by atoms with van der Waals surface area (Å²) in [6, 6.07) is 5.31. The number of hydrogen-bond acceptors (Lipinski definition) is 3. The van der Waals surface area contributed by atoms with E-state index in [0.29, 0.717) is 11.4 Å². The van der Waals surface area contributed by atoms with E-state index in [1.165, 1.54) is 12.3 Å². The van der Waals surface area contributed by atoms with Crippen molar-refractivity contribution in [3.63, 3.8) is 0 Å². The fourth-order valence-electron chi connectivity index (χ4n) is 1.55. The maximum Gasteiger partial charge on any atom is 0.337 e. The highest BCUT2D eigenvalue weighted by Crippen LogP contribution is 2.31. The number of aromatic nitrogens is 1. The van der Waals surface area contributed by atoms with Crippen molar-refractivity contribution in [3.05, 3.63) is 57.6 Å². The van der Waals surface area contributed by atoms with Gasteiger partial charge in [-0.15, -0.1) is 0 Å². The van der Waals surface area contributed by atoms with Crippen LogP contribution < -0.4 is 5.32 Å². The Morgan fingerprint density at radius 1 is 1.30 bits per heavy atom. The first-order chi connectivity index (χ1) is 9.47. The Labute approximate surface area is 124 Å². The molecule has 0 spiro atoms. The highest BCUT2D eigenvalue weighted by molar-refractivity contribution is 6.39. The van der Waals surface area contributed by atoms with Gasteiger partial charge in [-0.1, -0.05) is 23.2 Å². The second-order valence-electron chi connectivity index (χ2n) is 3.94. The third kappa shape index (κ3) is 3.37. The maximum absolute atomic E-state index is 13.0. The van der Waals surface area contributed by atoms with Crippen molar-refractivity contribution in [3.8, 4) is 0 Å². The van der Waals surface area contributed by atoms with E-state index >= 15 is 0 Å². The smallest absolute Gasteiger partial charge is 0.337 e. The van der Waals surface area contributed by atoms with Gasteiger partial charge in [0.1, 0.15) is 5.82 Å². The summed E-state index contributed by atoms with van der Waals surface area (Å²) < 4.78 is 13.0. The number of anilines is 1. The van der Waals surface area contributed by atoms with Gasteiger partial charge in [-0.2, -0.15) is 0 Å². The van der Waals surface area contributed by atoms with E-state index in [9.17, 15) is 9.18 Å². The number of nitrogens with zero attached hydrogens (tertiary/aromatic N) is 1. The maximum atomic E-state index is 13.0. The second kappa shape index (κ2) is 6.07. The Balaban J connectivity index is 2.11. The van der Waals surface area contributed by atoms with E-state index < -0.39 is 11.8 Å². The first-order valence-corrected chi connectivity index (χ1v) is 6.29. The number of rotatable bonds is 4. The third-order valence-electron chi connectivity index (χ3n) is 2.52. The number of aromatic carboxylic acids is 1. The topological polar surface area (TPSA) is 62.2 Å². The molecule has 0 atom stereocenters. The largest absolute Gasteiger partial charge is 0.478 e. The number of carbonyl (C=O) groups is 1. The van der Waals surface area contributed by atoms with E-state index in [2.05, 4.69) is 10.3 Å². The molecule has 7 heteroatoms. The standard InChI is InChI=1S/C13H9Cl2FN2O2/c14-10-3-8(16)4-11(15)12(10)18-6-9-2-1-7(5-17-9)13(19)20/h1-5,18H,6H2,(H,19,20). The van der Waals surface area contributed by atoms with E-state index in [4.69, 9.17) is 28.3 Å². The molecule has 0 saturated carbocycles. The monoisotopic (exact) mass is 314 g/mol. The summed E-state index contributed by atoms with van der Waals surface area (Å²) >= 11 is 11.8. The fraction of sp³-hybridized carbons (Fsp3) is 0.0769. The van der Waals surface area contributed by atoms with Crippen molar-refractivity contribution in [2.24, 2.45) is 0 Å². The van der Waals surface area contributed by atoms with Crippen LogP contribution in [0.4, 0.5) is 10.1 Å². The number of carboxylic acids is 1. The predicted molar refractivity (Wildman–Crippen MR) is 74.9 cm³/mol. The van der Waals surface area contributed by atoms with Crippen LogP contribution in [0, 0.1) is 5.82 Å². The SMILES string of the molecule is O=C(O)c1ccc(CNc2c(Cl)cc(F)cc2Cl)nc1. The van der Waals surface area contributed by atoms with E-state index in [1.807, 2.05) is 0 Å². The zero-order valence-electron chi connectivity index (χ0n) is 10.0. The van der Waals surface area contributed by atoms with Crippen LogP contribution in [0.25, 0.3) is 0 Å². The van der Waals surface area contributed by atoms with Crippen molar-refractivity contribution in [2.45, 2.75) is 6.54 Å². The summed E-state index contributed by atoms with van der Waals surface area (Å²) in [5.41, 5.74) is 1.11. The molecule has 2 aromatic rings. The van der Waals surface area contributed by atoms with Gasteiger partial charge in [-0.3, -0.25) is 4.98 Å². The lowest BCUT2D eigenvalue weighted by Gasteiger charge is -2.10. The van der Waals surface area contributed by atoms with Crippen molar-refractivity contribution in [1.82, 2.24) is 4.98 Å². The number of pyridine rings is 1. The molecule has 104 valence electrons. The molecule has 0 aliphatic rings. The molecule has 0 radical (unpaired) electrons. The van der Waals surface area contributed by atoms with E-state index in [1.54, 1.807) is 6.07 Å². The zero-order valence-corrected chi connectivity index (χ0v) is 11.5. The highest BCUT2D eigenvalue weighted by Gasteiger charge is 2.09. The van der Waals surface area contributed by atoms with E-state index in [-0.39, 0.29) is 22.2 Å². The molecule has 0 amide bonds. The van der Waals surface area contributed by atoms with Crippen LogP contribution in [0.2, 0.25) is 10.0 Å². The minimum absolute atomic E-state index is 0.103. The molecule has 0 fully saturated rings. The van der Waals surface area contributed by atoms with Crippen LogP contribution in [0.15, 0.2) is 30.5 Å². The molecule has 0 bridgehead atoms. The summed E-state index contributed by atoms with van der Waals surface area (Å²) in [5.74, 6) is -1.56. The molecule has 0 unspecified atom stereocenters. The van der Waals surface area contributed by atoms with Crippen LogP contribution in [-0.4, -0.2) is 16.1 Å². The molecular formula is C13H9Cl2FN2O2. The first kappa shape index (κ1) is 14.6. The lowest BCUT2D eigenvalue weighted by molar-refractivity contribution is 0.0696. The molecule has 1 aromatic carbocycles. The van der Waals surface area contributed by atoms with Gasteiger partial charge in [0.25, 0.3) is 0 Å². The van der Waals surface area contributed by atoms with E-state index in [0.717, 1.165) is 12.1 Å². The second-order valence-corrected chi connectivity index (χ2v) is 4.76. The number of nitrogens with one attached hydrogen (secondary N) is 1. The number of benzene rings is 1. The molecular weight excluding hydrogens is 306 g/mol. The van der Waals surface area contributed by atoms with Crippen molar-refractivity contribution in [2.75, 3.05) is 5.32 Å². The van der Waals surface area contributed by atoms with Gasteiger partial charge in [-0.05, 0) is 24.3 Å². The molecule has 0 aliphatic heterocycles. The normalized spacial score (nSPS) is 10.3. The molecule has 20 heavy (non-hydrogen) atoms. The summed E-state index contributed by atoms with van der Waals surface area (Å²) in [5, 5.41) is 12.0. The Kier molecular flexibility index (Phi) is 4.42. The Bertz CT molecular complexity index is 624. The summed E-state index contributed by atoms with van der Waals surface area (Å²) in [7, 11) is 0. The number of halogens is 3. The molecule has 4 nitrogen and oxygen atoms in total. The van der Waals surface area contributed by atoms with Gasteiger partial charge in [0.15, 0.2) is 0 Å². The number of carboxylic acid groups (broad SMARTS) is 1. The van der Waals surface area contributed by atoms with Crippen molar-refractivity contribution in [1.29, 1.82) is 0 Å². The van der Waals surface area contributed by atoms with Crippen LogP contribution in [0.5, 0.6) is 0 Å². The lowest BCUT2D eigenvalue weighted by atomic mass is 10.2. The minimum Gasteiger partial charge on any atom is -0.478 e. The molecule has 2 rings (SSSR count). The van der Waals surface area contributed by atoms with Gasteiger partial charge >= 0.3 is 5.97 Å². The van der Waals surface area contributed by atoms with Crippen molar-refractivity contribution >= 4 is 34.9 Å². The molecule has 1 heterocycles. The van der Waals surface area contributed by atoms with Crippen molar-refractivity contribution < 1.29 is 14.3 Å². The summed E-state index contributed by atoms with van der Waals surface area (Å²) in [6.45, 7) is 0.283. The molecule has 0 aliphatic carbocycles. The first-order valence-electron chi connectivity index (χ1n) is 5.54. The van der Waals surface area contributed by atoms with Crippen LogP contribution >= 0.6 is 23.2 Å². The Hall–Kier alpha value is -1.85. The van der Waals surface area contributed by atoms with Gasteiger partial charge in [-0.25, -0.2) is 9.18 Å². The average Bonchev–Trinajstić information content (AvgIpc) is 2.38. The zero-order chi connectivity index (χ0) is 14.7. The fourth-order valence-corrected chi connectivity index (χ4v) is 2.14. The average molecular weight is 315 g/mol. The number of hydrogen-bond donors (Lipinski definition) is 2. The van der Waals surface area contributed by atoms with Crippen LogP contribution in [0.1, 0.15) is 16.1 Å². The minimum atomic E-state index is -1.04. The van der Waals surface area contributed by atoms with Gasteiger partial charge < -0.3 is 10.4 Å². The lowest BCUT2D eigenvalue weighted by Crippen LogP contribution is -2.04. The summed E-state index contributed by atoms with van der Waals surface area (Å²) in [4.78, 5) is 14.7. The third-order valence-corrected chi connectivity index (χ3v) is 3.12. The van der Waals surface area contributed by atoms with Crippen LogP contribution in [0.3, 0.4) is 0 Å². The molecule has 0 saturated heterocycles. The van der Waals surface area contributed by atoms with Gasteiger partial charge in [0, 0.05) is 6.20 Å². The Morgan fingerprint density at radius 2 is 1.95 bits per heavy atom. The summed E-state index contributed by atoms with van der Waals surface area (Å²) in [6.07, 6.45) is 1.26. The molecule has 2 N–H and O–H groups in total. The van der Waals surface area contributed by atoms with Crippen LogP contribution in [-0.2, 0) is 6.54 Å². The highest BCUT2D eigenvalue weighted by atomic mass is 35.5. The Morgan fingerprint density at radius 3 is 2.45 bits per heavy atom. The predicted octanol–water partition coefficient (Wildman–Crippen LogP) is 3.84.